The molecule has 0 bridgehead atoms. The normalized spacial score (nSPS) is 41.0. The van der Waals surface area contributed by atoms with Gasteiger partial charge in [0.25, 0.3) is 0 Å². The van der Waals surface area contributed by atoms with E-state index in [1.165, 1.54) is 0 Å². The Morgan fingerprint density at radius 2 is 1.93 bits per heavy atom. The maximum atomic E-state index is 12.4. The molecule has 0 aromatic carbocycles. The third-order valence-corrected chi connectivity index (χ3v) is 2.57. The first-order valence-electron chi connectivity index (χ1n) is 4.65. The van der Waals surface area contributed by atoms with E-state index in [-0.39, 0.29) is 0 Å². The van der Waals surface area contributed by atoms with Crippen molar-refractivity contribution in [2.75, 3.05) is 6.67 Å². The van der Waals surface area contributed by atoms with Gasteiger partial charge in [-0.3, -0.25) is 0 Å². The summed E-state index contributed by atoms with van der Waals surface area (Å²) in [5.74, 6) is 0. The van der Waals surface area contributed by atoms with Crippen LogP contribution in [0.3, 0.4) is 0 Å². The second-order valence-corrected chi connectivity index (χ2v) is 3.58. The highest BCUT2D eigenvalue weighted by molar-refractivity contribution is 5.10. The number of aliphatic hydroxyl groups is 3. The van der Waals surface area contributed by atoms with Crippen LogP contribution in [-0.4, -0.2) is 52.5 Å². The lowest BCUT2D eigenvalue weighted by Crippen LogP contribution is -2.58. The molecule has 5 unspecified atom stereocenters. The Hall–Kier alpha value is -0.710. The average Bonchev–Trinajstić information content (AvgIpc) is 2.25. The average molecular weight is 218 g/mol. The predicted molar refractivity (Wildman–Crippen MR) is 51.0 cm³/mol. The maximum Gasteiger partial charge on any atom is 0.118 e. The van der Waals surface area contributed by atoms with Gasteiger partial charge in [-0.2, -0.15) is 0 Å². The molecule has 3 N–H and O–H groups in total. The molecule has 15 heavy (non-hydrogen) atoms. The highest BCUT2D eigenvalue weighted by atomic mass is 19.1. The molecule has 5 heteroatoms. The van der Waals surface area contributed by atoms with E-state index in [0.717, 1.165) is 0 Å². The minimum Gasteiger partial charge on any atom is -0.387 e. The van der Waals surface area contributed by atoms with E-state index in [9.17, 15) is 19.7 Å². The van der Waals surface area contributed by atoms with Gasteiger partial charge in [0.2, 0.25) is 0 Å². The van der Waals surface area contributed by atoms with Crippen LogP contribution in [0.5, 0.6) is 0 Å². The van der Waals surface area contributed by atoms with Crippen LogP contribution in [0.1, 0.15) is 6.92 Å². The largest absolute Gasteiger partial charge is 0.387 e. The van der Waals surface area contributed by atoms with Crippen molar-refractivity contribution in [3.8, 4) is 0 Å². The van der Waals surface area contributed by atoms with Gasteiger partial charge < -0.3 is 20.1 Å². The number of alkyl halides is 1. The Balaban J connectivity index is 2.88. The van der Waals surface area contributed by atoms with Crippen molar-refractivity contribution in [2.24, 2.45) is 0 Å². The lowest BCUT2D eigenvalue weighted by molar-refractivity contribution is -0.214. The first-order chi connectivity index (χ1) is 7.02. The number of hydrogen-bond acceptors (Lipinski definition) is 4. The number of aliphatic hydroxyl groups excluding tert-OH is 3. The van der Waals surface area contributed by atoms with Crippen molar-refractivity contribution in [3.05, 3.63) is 17.9 Å². The summed E-state index contributed by atoms with van der Waals surface area (Å²) in [6.45, 7) is 4.05. The Bertz CT molecular complexity index is 273. The van der Waals surface area contributed by atoms with E-state index in [4.69, 9.17) is 4.74 Å². The Kier molecular flexibility index (Phi) is 4.02. The first kappa shape index (κ1) is 12.4. The molecule has 1 aliphatic heterocycles. The number of rotatable bonds is 2. The van der Waals surface area contributed by atoms with Crippen molar-refractivity contribution in [1.82, 2.24) is 0 Å². The van der Waals surface area contributed by atoms with Crippen molar-refractivity contribution >= 4 is 0 Å². The molecule has 1 saturated heterocycles. The van der Waals surface area contributed by atoms with Crippen LogP contribution >= 0.6 is 0 Å². The topological polar surface area (TPSA) is 69.9 Å². The zero-order chi connectivity index (χ0) is 11.6. The van der Waals surface area contributed by atoms with Crippen molar-refractivity contribution in [2.45, 2.75) is 37.4 Å². The Morgan fingerprint density at radius 1 is 1.33 bits per heavy atom. The number of hydrogen-bond donors (Lipinski definition) is 3. The van der Waals surface area contributed by atoms with E-state index in [2.05, 4.69) is 12.3 Å². The molecule has 4 nitrogen and oxygen atoms in total. The molecule has 1 aliphatic rings. The van der Waals surface area contributed by atoms with Gasteiger partial charge in [0.1, 0.15) is 37.2 Å². The van der Waals surface area contributed by atoms with Gasteiger partial charge in [0.15, 0.2) is 0 Å². The van der Waals surface area contributed by atoms with Crippen LogP contribution in [-0.2, 0) is 4.74 Å². The van der Waals surface area contributed by atoms with Crippen molar-refractivity contribution < 1.29 is 24.4 Å². The quantitative estimate of drug-likeness (QED) is 0.548. The molecule has 0 aliphatic carbocycles. The fraction of sp³-hybridized carbons (Fsp3) is 0.700. The molecule has 0 saturated carbocycles. The standard InChI is InChI=1S/C10H15FO4/c1-3-5(2)10-9(14)8(13)7(12)6(4-11)15-10/h6-10,12-14H,1,4H2,2H3. The third kappa shape index (κ3) is 2.27. The van der Waals surface area contributed by atoms with Crippen LogP contribution in [0.2, 0.25) is 0 Å². The SMILES string of the molecule is C=C=C(C)C1OC(CF)C(O)C(O)C1O. The van der Waals surface area contributed by atoms with E-state index >= 15 is 0 Å². The summed E-state index contributed by atoms with van der Waals surface area (Å²) in [6.07, 6.45) is -6.14. The fourth-order valence-electron chi connectivity index (χ4n) is 1.54. The van der Waals surface area contributed by atoms with Gasteiger partial charge in [-0.05, 0) is 12.5 Å². The smallest absolute Gasteiger partial charge is 0.118 e. The second-order valence-electron chi connectivity index (χ2n) is 3.58. The van der Waals surface area contributed by atoms with E-state index in [0.29, 0.717) is 5.57 Å². The molecule has 86 valence electrons. The van der Waals surface area contributed by atoms with Gasteiger partial charge in [0.05, 0.1) is 0 Å². The van der Waals surface area contributed by atoms with Crippen LogP contribution in [0.25, 0.3) is 0 Å². The Morgan fingerprint density at radius 3 is 2.40 bits per heavy atom. The molecule has 0 spiro atoms. The van der Waals surface area contributed by atoms with Crippen molar-refractivity contribution in [1.29, 1.82) is 0 Å². The fourth-order valence-corrected chi connectivity index (χ4v) is 1.54. The van der Waals surface area contributed by atoms with Gasteiger partial charge >= 0.3 is 0 Å². The predicted octanol–water partition coefficient (Wildman–Crippen LogP) is -0.463. The minimum atomic E-state index is -1.42. The molecule has 0 radical (unpaired) electrons. The molecule has 0 amide bonds. The highest BCUT2D eigenvalue weighted by Gasteiger charge is 2.44. The lowest BCUT2D eigenvalue weighted by atomic mass is 9.92. The van der Waals surface area contributed by atoms with E-state index in [1.807, 2.05) is 0 Å². The van der Waals surface area contributed by atoms with Crippen LogP contribution < -0.4 is 0 Å². The summed E-state index contributed by atoms with van der Waals surface area (Å²) < 4.78 is 17.6. The summed E-state index contributed by atoms with van der Waals surface area (Å²) in [6, 6.07) is 0. The molecular formula is C10H15FO4. The van der Waals surface area contributed by atoms with Gasteiger partial charge in [-0.1, -0.05) is 6.58 Å². The zero-order valence-corrected chi connectivity index (χ0v) is 8.43. The van der Waals surface area contributed by atoms with E-state index in [1.54, 1.807) is 6.92 Å². The molecule has 1 rings (SSSR count). The second kappa shape index (κ2) is 4.88. The van der Waals surface area contributed by atoms with Gasteiger partial charge in [-0.15, -0.1) is 5.73 Å². The maximum absolute atomic E-state index is 12.4. The molecule has 1 heterocycles. The molecule has 0 aromatic heterocycles. The van der Waals surface area contributed by atoms with Crippen molar-refractivity contribution in [3.63, 3.8) is 0 Å². The highest BCUT2D eigenvalue weighted by Crippen LogP contribution is 2.25. The first-order valence-corrected chi connectivity index (χ1v) is 4.65. The molecule has 0 aromatic rings. The third-order valence-electron chi connectivity index (χ3n) is 2.57. The van der Waals surface area contributed by atoms with Crippen LogP contribution in [0, 0.1) is 0 Å². The number of ether oxygens (including phenoxy) is 1. The minimum absolute atomic E-state index is 0.465. The summed E-state index contributed by atoms with van der Waals surface area (Å²) in [5.41, 5.74) is 2.98. The summed E-state index contributed by atoms with van der Waals surface area (Å²) in [7, 11) is 0. The van der Waals surface area contributed by atoms with Gasteiger partial charge in [-0.25, -0.2) is 4.39 Å². The monoisotopic (exact) mass is 218 g/mol. The zero-order valence-electron chi connectivity index (χ0n) is 8.43. The number of halogens is 1. The molecule has 1 fully saturated rings. The van der Waals surface area contributed by atoms with Crippen LogP contribution in [0.15, 0.2) is 17.9 Å². The molecule has 5 atom stereocenters. The lowest BCUT2D eigenvalue weighted by Gasteiger charge is -2.39. The summed E-state index contributed by atoms with van der Waals surface area (Å²) in [5, 5.41) is 28.4. The summed E-state index contributed by atoms with van der Waals surface area (Å²) in [4.78, 5) is 0. The van der Waals surface area contributed by atoms with E-state index < -0.39 is 37.2 Å². The van der Waals surface area contributed by atoms with Gasteiger partial charge in [0, 0.05) is 0 Å². The molecular weight excluding hydrogens is 203 g/mol. The Labute approximate surface area is 87.3 Å². The van der Waals surface area contributed by atoms with Crippen LogP contribution in [0.4, 0.5) is 4.39 Å². The summed E-state index contributed by atoms with van der Waals surface area (Å²) >= 11 is 0.